The molecule has 2 aromatic rings. The van der Waals surface area contributed by atoms with Crippen molar-refractivity contribution in [3.05, 3.63) is 46.7 Å². The SMILES string of the molecule is COc1ccc2c(c1F)C(=O)N(C[C@@]1(c3cc4c(o3)CC(C(N)=O)C=N4)NC(=O)NC1=O)C2. The van der Waals surface area contributed by atoms with Crippen molar-refractivity contribution in [2.45, 2.75) is 18.5 Å². The van der Waals surface area contributed by atoms with Gasteiger partial charge in [-0.1, -0.05) is 6.07 Å². The van der Waals surface area contributed by atoms with Crippen LogP contribution >= 0.6 is 0 Å². The van der Waals surface area contributed by atoms with Gasteiger partial charge in [0.15, 0.2) is 17.1 Å². The lowest BCUT2D eigenvalue weighted by Crippen LogP contribution is -2.52. The Morgan fingerprint density at radius 1 is 1.39 bits per heavy atom. The standard InChI is InChI=1S/C21H18FN5O6/c1-32-12-3-2-9-7-27(18(29)15(9)16(12)22)8-21(19(30)25-20(31)26-21)14-5-11-13(33-14)4-10(6-24-11)17(23)28/h2-3,5-6,10H,4,7-8H2,1H3,(H2,23,28)(H2,25,26,30,31)/t10?,21-/m0/s1. The lowest BCUT2D eigenvalue weighted by Gasteiger charge is -2.29. The Morgan fingerprint density at radius 3 is 2.85 bits per heavy atom. The van der Waals surface area contributed by atoms with E-state index in [4.69, 9.17) is 14.9 Å². The van der Waals surface area contributed by atoms with Gasteiger partial charge < -0.3 is 25.1 Å². The number of aliphatic imine (C=N–C) groups is 1. The first kappa shape index (κ1) is 20.7. The second-order valence-electron chi connectivity index (χ2n) is 8.00. The van der Waals surface area contributed by atoms with E-state index in [0.29, 0.717) is 17.0 Å². The zero-order valence-corrected chi connectivity index (χ0v) is 17.3. The van der Waals surface area contributed by atoms with Crippen LogP contribution < -0.4 is 21.1 Å². The van der Waals surface area contributed by atoms with Crippen LogP contribution in [0.3, 0.4) is 0 Å². The van der Waals surface area contributed by atoms with Gasteiger partial charge in [0.1, 0.15) is 17.2 Å². The van der Waals surface area contributed by atoms with Gasteiger partial charge in [-0.05, 0) is 11.6 Å². The molecule has 5 amide bonds. The number of benzene rings is 1. The summed E-state index contributed by atoms with van der Waals surface area (Å²) in [6.07, 6.45) is 1.53. The van der Waals surface area contributed by atoms with Crippen molar-refractivity contribution >= 4 is 35.7 Å². The van der Waals surface area contributed by atoms with Gasteiger partial charge in [-0.15, -0.1) is 0 Å². The molecule has 11 nitrogen and oxygen atoms in total. The van der Waals surface area contributed by atoms with Gasteiger partial charge in [-0.25, -0.2) is 9.18 Å². The molecule has 4 N–H and O–H groups in total. The number of carbonyl (C=O) groups excluding carboxylic acids is 4. The van der Waals surface area contributed by atoms with Gasteiger partial charge >= 0.3 is 6.03 Å². The van der Waals surface area contributed by atoms with E-state index in [1.54, 1.807) is 6.07 Å². The fraction of sp³-hybridized carbons (Fsp3) is 0.286. The molecule has 0 saturated carbocycles. The van der Waals surface area contributed by atoms with Crippen LogP contribution in [0.15, 0.2) is 27.6 Å². The van der Waals surface area contributed by atoms with Crippen LogP contribution in [-0.2, 0) is 28.1 Å². The molecule has 12 heteroatoms. The molecule has 3 aliphatic heterocycles. The van der Waals surface area contributed by atoms with Crippen molar-refractivity contribution < 1.29 is 32.7 Å². The zero-order valence-electron chi connectivity index (χ0n) is 17.3. The van der Waals surface area contributed by atoms with Crippen LogP contribution in [0.5, 0.6) is 5.75 Å². The highest BCUT2D eigenvalue weighted by Gasteiger charge is 2.53. The second kappa shape index (κ2) is 7.15. The lowest BCUT2D eigenvalue weighted by atomic mass is 9.95. The molecule has 1 aromatic carbocycles. The molecule has 1 unspecified atom stereocenters. The molecule has 1 aromatic heterocycles. The van der Waals surface area contributed by atoms with E-state index in [-0.39, 0.29) is 36.6 Å². The topological polar surface area (TPSA) is 156 Å². The molecule has 1 saturated heterocycles. The Balaban J connectivity index is 1.51. The molecule has 4 heterocycles. The average molecular weight is 455 g/mol. The summed E-state index contributed by atoms with van der Waals surface area (Å²) in [5.41, 5.74) is 4.22. The summed E-state index contributed by atoms with van der Waals surface area (Å²) in [4.78, 5) is 55.0. The number of fused-ring (bicyclic) bond motifs is 2. The minimum absolute atomic E-state index is 0.0162. The number of furan rings is 1. The fourth-order valence-corrected chi connectivity index (χ4v) is 4.30. The van der Waals surface area contributed by atoms with Gasteiger partial charge in [0, 0.05) is 25.2 Å². The third-order valence-corrected chi connectivity index (χ3v) is 6.02. The Hall–Kier alpha value is -4.22. The van der Waals surface area contributed by atoms with Crippen LogP contribution in [0.2, 0.25) is 0 Å². The number of nitrogens with zero attached hydrogens (tertiary/aromatic N) is 2. The van der Waals surface area contributed by atoms with Gasteiger partial charge in [0.2, 0.25) is 5.91 Å². The molecular weight excluding hydrogens is 437 g/mol. The molecule has 5 rings (SSSR count). The summed E-state index contributed by atoms with van der Waals surface area (Å²) >= 11 is 0. The molecule has 33 heavy (non-hydrogen) atoms. The molecule has 3 aliphatic rings. The lowest BCUT2D eigenvalue weighted by molar-refractivity contribution is -0.125. The number of nitrogens with one attached hydrogen (secondary N) is 2. The number of rotatable bonds is 5. The van der Waals surface area contributed by atoms with E-state index in [2.05, 4.69) is 15.6 Å². The summed E-state index contributed by atoms with van der Waals surface area (Å²) in [5, 5.41) is 4.70. The number of primary amides is 1. The summed E-state index contributed by atoms with van der Waals surface area (Å²) in [7, 11) is 1.29. The highest BCUT2D eigenvalue weighted by Crippen LogP contribution is 2.38. The molecular formula is C21H18FN5O6. The first-order chi connectivity index (χ1) is 15.7. The molecule has 0 bridgehead atoms. The van der Waals surface area contributed by atoms with Crippen molar-refractivity contribution in [3.63, 3.8) is 0 Å². The Labute approximate surface area is 185 Å². The Bertz CT molecular complexity index is 1270. The summed E-state index contributed by atoms with van der Waals surface area (Å²) in [5.74, 6) is -3.18. The predicted octanol–water partition coefficient (Wildman–Crippen LogP) is 0.478. The van der Waals surface area contributed by atoms with E-state index in [1.807, 2.05) is 0 Å². The largest absolute Gasteiger partial charge is 0.494 e. The predicted molar refractivity (Wildman–Crippen MR) is 109 cm³/mol. The van der Waals surface area contributed by atoms with Crippen LogP contribution in [0.4, 0.5) is 14.9 Å². The third kappa shape index (κ3) is 3.05. The number of carbonyl (C=O) groups is 4. The highest BCUT2D eigenvalue weighted by atomic mass is 19.1. The van der Waals surface area contributed by atoms with Gasteiger partial charge in [0.25, 0.3) is 11.8 Å². The number of hydrogen-bond donors (Lipinski definition) is 3. The van der Waals surface area contributed by atoms with Crippen molar-refractivity contribution in [1.82, 2.24) is 15.5 Å². The molecule has 0 aliphatic carbocycles. The van der Waals surface area contributed by atoms with Crippen LogP contribution in [0.25, 0.3) is 0 Å². The van der Waals surface area contributed by atoms with Gasteiger partial charge in [-0.3, -0.25) is 24.7 Å². The first-order valence-corrected chi connectivity index (χ1v) is 9.98. The van der Waals surface area contributed by atoms with Crippen molar-refractivity contribution in [2.24, 2.45) is 16.6 Å². The number of imide groups is 1. The minimum Gasteiger partial charge on any atom is -0.494 e. The van der Waals surface area contributed by atoms with Crippen LogP contribution in [0.1, 0.15) is 27.4 Å². The van der Waals surface area contributed by atoms with Gasteiger partial charge in [0.05, 0.1) is 25.1 Å². The van der Waals surface area contributed by atoms with E-state index >= 15 is 0 Å². The van der Waals surface area contributed by atoms with Gasteiger partial charge in [-0.2, -0.15) is 0 Å². The van der Waals surface area contributed by atoms with E-state index in [0.717, 1.165) is 0 Å². The summed E-state index contributed by atoms with van der Waals surface area (Å²) in [6, 6.07) is 3.67. The quantitative estimate of drug-likeness (QED) is 0.557. The van der Waals surface area contributed by atoms with Crippen molar-refractivity contribution in [3.8, 4) is 5.75 Å². The van der Waals surface area contributed by atoms with Crippen LogP contribution in [-0.4, -0.2) is 48.5 Å². The number of halogens is 1. The summed E-state index contributed by atoms with van der Waals surface area (Å²) in [6.45, 7) is -0.308. The number of urea groups is 1. The monoisotopic (exact) mass is 455 g/mol. The van der Waals surface area contributed by atoms with E-state index in [9.17, 15) is 23.6 Å². The van der Waals surface area contributed by atoms with Crippen LogP contribution in [0, 0.1) is 11.7 Å². The molecule has 0 spiro atoms. The maximum Gasteiger partial charge on any atom is 0.322 e. The first-order valence-electron chi connectivity index (χ1n) is 9.98. The molecule has 1 fully saturated rings. The van der Waals surface area contributed by atoms with Crippen molar-refractivity contribution in [2.75, 3.05) is 13.7 Å². The minimum atomic E-state index is -1.77. The zero-order chi connectivity index (χ0) is 23.5. The molecule has 2 atom stereocenters. The normalized spacial score (nSPS) is 23.3. The maximum absolute atomic E-state index is 14.7. The number of methoxy groups -OCH3 is 1. The van der Waals surface area contributed by atoms with Crippen molar-refractivity contribution in [1.29, 1.82) is 0 Å². The number of hydrogen-bond acceptors (Lipinski definition) is 7. The average Bonchev–Trinajstić information content (AvgIpc) is 3.42. The smallest absolute Gasteiger partial charge is 0.322 e. The molecule has 170 valence electrons. The Morgan fingerprint density at radius 2 is 2.18 bits per heavy atom. The summed E-state index contributed by atoms with van der Waals surface area (Å²) < 4.78 is 25.5. The maximum atomic E-state index is 14.7. The number of nitrogens with two attached hydrogens (primary N) is 1. The number of amides is 5. The molecule has 0 radical (unpaired) electrons. The third-order valence-electron chi connectivity index (χ3n) is 6.02. The van der Waals surface area contributed by atoms with E-state index in [1.165, 1.54) is 30.4 Å². The highest BCUT2D eigenvalue weighted by molar-refractivity contribution is 6.08. The Kier molecular flexibility index (Phi) is 4.48. The second-order valence-corrected chi connectivity index (χ2v) is 8.00. The van der Waals surface area contributed by atoms with E-state index < -0.39 is 41.0 Å². The fourth-order valence-electron chi connectivity index (χ4n) is 4.30. The number of ether oxygens (including phenoxy) is 1.